The van der Waals surface area contributed by atoms with E-state index in [1.54, 1.807) is 12.1 Å². The van der Waals surface area contributed by atoms with Crippen molar-refractivity contribution in [2.75, 3.05) is 6.61 Å². The van der Waals surface area contributed by atoms with Crippen molar-refractivity contribution in [3.05, 3.63) is 96.1 Å². The number of esters is 1. The van der Waals surface area contributed by atoms with Crippen LogP contribution >= 0.6 is 0 Å². The molecule has 0 unspecified atom stereocenters. The van der Waals surface area contributed by atoms with Gasteiger partial charge < -0.3 is 10.1 Å². The van der Waals surface area contributed by atoms with Gasteiger partial charge in [-0.1, -0.05) is 78.9 Å². The van der Waals surface area contributed by atoms with Crippen LogP contribution in [0.15, 0.2) is 84.9 Å². The summed E-state index contributed by atoms with van der Waals surface area (Å²) in [5, 5.41) is 2.65. The SMILES string of the molecule is CC(=O)[C@H](Cc1ccccc1)NC(=O)COC(=O)c1ccccc1-c1ccccc1. The van der Waals surface area contributed by atoms with Crippen LogP contribution in [0.4, 0.5) is 0 Å². The summed E-state index contributed by atoms with van der Waals surface area (Å²) in [5.41, 5.74) is 2.93. The number of ether oxygens (including phenoxy) is 1. The lowest BCUT2D eigenvalue weighted by atomic mass is 10.00. The van der Waals surface area contributed by atoms with E-state index in [1.165, 1.54) is 6.92 Å². The molecule has 0 bridgehead atoms. The van der Waals surface area contributed by atoms with Crippen LogP contribution in [0.1, 0.15) is 22.8 Å². The van der Waals surface area contributed by atoms with E-state index in [9.17, 15) is 14.4 Å². The quantitative estimate of drug-likeness (QED) is 0.583. The molecule has 0 radical (unpaired) electrons. The first-order valence-electron chi connectivity index (χ1n) is 9.70. The first-order chi connectivity index (χ1) is 14.5. The van der Waals surface area contributed by atoms with E-state index in [4.69, 9.17) is 4.74 Å². The molecule has 5 nitrogen and oxygen atoms in total. The Hall–Kier alpha value is -3.73. The van der Waals surface area contributed by atoms with E-state index in [0.29, 0.717) is 12.0 Å². The van der Waals surface area contributed by atoms with Crippen molar-refractivity contribution in [2.45, 2.75) is 19.4 Å². The van der Waals surface area contributed by atoms with Gasteiger partial charge in [-0.3, -0.25) is 9.59 Å². The summed E-state index contributed by atoms with van der Waals surface area (Å²) < 4.78 is 5.22. The first kappa shape index (κ1) is 21.0. The van der Waals surface area contributed by atoms with Crippen LogP contribution < -0.4 is 5.32 Å². The van der Waals surface area contributed by atoms with Gasteiger partial charge in [0, 0.05) is 0 Å². The summed E-state index contributed by atoms with van der Waals surface area (Å²) in [7, 11) is 0. The average Bonchev–Trinajstić information content (AvgIpc) is 2.78. The van der Waals surface area contributed by atoms with Crippen molar-refractivity contribution < 1.29 is 19.1 Å². The molecule has 30 heavy (non-hydrogen) atoms. The van der Waals surface area contributed by atoms with Crippen molar-refractivity contribution in [1.82, 2.24) is 5.32 Å². The number of amides is 1. The van der Waals surface area contributed by atoms with Gasteiger partial charge in [0.25, 0.3) is 5.91 Å². The van der Waals surface area contributed by atoms with E-state index >= 15 is 0 Å². The van der Waals surface area contributed by atoms with E-state index in [0.717, 1.165) is 16.7 Å². The third-order valence-electron chi connectivity index (χ3n) is 4.67. The second-order valence-corrected chi connectivity index (χ2v) is 6.91. The number of benzene rings is 3. The van der Waals surface area contributed by atoms with E-state index in [-0.39, 0.29) is 5.78 Å². The number of carbonyl (C=O) groups excluding carboxylic acids is 3. The molecule has 5 heteroatoms. The van der Waals surface area contributed by atoms with Crippen LogP contribution in [0, 0.1) is 0 Å². The standard InChI is InChI=1S/C25H23NO4/c1-18(27)23(16-19-10-4-2-5-11-19)26-24(28)17-30-25(29)22-15-9-8-14-21(22)20-12-6-3-7-13-20/h2-15,23H,16-17H2,1H3,(H,26,28)/t23-/m0/s1. The van der Waals surface area contributed by atoms with Gasteiger partial charge in [0.2, 0.25) is 0 Å². The molecule has 3 aromatic rings. The lowest BCUT2D eigenvalue weighted by Gasteiger charge is -2.16. The van der Waals surface area contributed by atoms with Crippen LogP contribution in [0.5, 0.6) is 0 Å². The molecule has 0 aliphatic heterocycles. The Morgan fingerprint density at radius 3 is 2.10 bits per heavy atom. The highest BCUT2D eigenvalue weighted by Gasteiger charge is 2.20. The Morgan fingerprint density at radius 2 is 1.43 bits per heavy atom. The van der Waals surface area contributed by atoms with Crippen LogP contribution in [-0.4, -0.2) is 30.3 Å². The number of hydrogen-bond acceptors (Lipinski definition) is 4. The minimum absolute atomic E-state index is 0.159. The molecular formula is C25H23NO4. The second kappa shape index (κ2) is 10.2. The van der Waals surface area contributed by atoms with Crippen LogP contribution in [-0.2, 0) is 20.7 Å². The summed E-state index contributed by atoms with van der Waals surface area (Å²) in [6.45, 7) is 0.969. The van der Waals surface area contributed by atoms with Crippen LogP contribution in [0.3, 0.4) is 0 Å². The Kier molecular flexibility index (Phi) is 7.11. The molecule has 0 spiro atoms. The summed E-state index contributed by atoms with van der Waals surface area (Å²) in [6.07, 6.45) is 0.382. The zero-order chi connectivity index (χ0) is 21.3. The van der Waals surface area contributed by atoms with Crippen molar-refractivity contribution in [2.24, 2.45) is 0 Å². The van der Waals surface area contributed by atoms with Gasteiger partial charge in [-0.05, 0) is 36.1 Å². The molecule has 3 rings (SSSR count). The van der Waals surface area contributed by atoms with Crippen molar-refractivity contribution in [3.8, 4) is 11.1 Å². The summed E-state index contributed by atoms with van der Waals surface area (Å²) in [6, 6.07) is 25.3. The number of nitrogens with one attached hydrogen (secondary N) is 1. The van der Waals surface area contributed by atoms with Gasteiger partial charge in [0.05, 0.1) is 11.6 Å². The lowest BCUT2D eigenvalue weighted by Crippen LogP contribution is -2.43. The minimum atomic E-state index is -0.671. The van der Waals surface area contributed by atoms with E-state index < -0.39 is 24.5 Å². The minimum Gasteiger partial charge on any atom is -0.452 e. The summed E-state index contributed by atoms with van der Waals surface area (Å²) >= 11 is 0. The van der Waals surface area contributed by atoms with Crippen LogP contribution in [0.2, 0.25) is 0 Å². The van der Waals surface area contributed by atoms with Crippen molar-refractivity contribution >= 4 is 17.7 Å². The molecule has 0 aromatic heterocycles. The zero-order valence-corrected chi connectivity index (χ0v) is 16.7. The zero-order valence-electron chi connectivity index (χ0n) is 16.7. The Balaban J connectivity index is 1.62. The number of ketones is 1. The molecule has 0 saturated heterocycles. The smallest absolute Gasteiger partial charge is 0.339 e. The molecule has 0 aliphatic rings. The molecule has 0 saturated carbocycles. The number of carbonyl (C=O) groups is 3. The highest BCUT2D eigenvalue weighted by atomic mass is 16.5. The Morgan fingerprint density at radius 1 is 0.833 bits per heavy atom. The molecule has 0 fully saturated rings. The third-order valence-corrected chi connectivity index (χ3v) is 4.67. The van der Waals surface area contributed by atoms with Crippen LogP contribution in [0.25, 0.3) is 11.1 Å². The van der Waals surface area contributed by atoms with Gasteiger partial charge in [-0.25, -0.2) is 4.79 Å². The molecular weight excluding hydrogens is 378 g/mol. The van der Waals surface area contributed by atoms with E-state index in [1.807, 2.05) is 72.8 Å². The van der Waals surface area contributed by atoms with Gasteiger partial charge in [0.1, 0.15) is 0 Å². The Labute approximate surface area is 175 Å². The predicted molar refractivity (Wildman–Crippen MR) is 115 cm³/mol. The first-order valence-corrected chi connectivity index (χ1v) is 9.70. The van der Waals surface area contributed by atoms with Gasteiger partial charge in [0.15, 0.2) is 12.4 Å². The monoisotopic (exact) mass is 401 g/mol. The number of rotatable bonds is 8. The second-order valence-electron chi connectivity index (χ2n) is 6.91. The lowest BCUT2D eigenvalue weighted by molar-refractivity contribution is -0.128. The topological polar surface area (TPSA) is 72.5 Å². The number of Topliss-reactive ketones (excluding diaryl/α,β-unsaturated/α-hetero) is 1. The van der Waals surface area contributed by atoms with Crippen molar-refractivity contribution in [3.63, 3.8) is 0 Å². The van der Waals surface area contributed by atoms with Crippen molar-refractivity contribution in [1.29, 1.82) is 0 Å². The molecule has 1 atom stereocenters. The fraction of sp³-hybridized carbons (Fsp3) is 0.160. The van der Waals surface area contributed by atoms with Gasteiger partial charge in [-0.15, -0.1) is 0 Å². The number of hydrogen-bond donors (Lipinski definition) is 1. The van der Waals surface area contributed by atoms with Gasteiger partial charge in [-0.2, -0.15) is 0 Å². The summed E-state index contributed by atoms with van der Waals surface area (Å²) in [4.78, 5) is 36.8. The molecule has 152 valence electrons. The van der Waals surface area contributed by atoms with E-state index in [2.05, 4.69) is 5.32 Å². The molecule has 0 heterocycles. The highest BCUT2D eigenvalue weighted by molar-refractivity contribution is 5.98. The molecule has 1 N–H and O–H groups in total. The fourth-order valence-corrected chi connectivity index (χ4v) is 3.12. The molecule has 3 aromatic carbocycles. The maximum Gasteiger partial charge on any atom is 0.339 e. The third kappa shape index (κ3) is 5.64. The maximum atomic E-state index is 12.6. The fourth-order valence-electron chi connectivity index (χ4n) is 3.12. The maximum absolute atomic E-state index is 12.6. The molecule has 1 amide bonds. The highest BCUT2D eigenvalue weighted by Crippen LogP contribution is 2.23. The molecule has 0 aliphatic carbocycles. The summed E-state index contributed by atoms with van der Waals surface area (Å²) in [5.74, 6) is -1.27. The normalized spacial score (nSPS) is 11.4. The Bertz CT molecular complexity index is 1020. The average molecular weight is 401 g/mol. The van der Waals surface area contributed by atoms with Gasteiger partial charge >= 0.3 is 5.97 Å². The predicted octanol–water partition coefficient (Wildman–Crippen LogP) is 3.83. The largest absolute Gasteiger partial charge is 0.452 e.